The zero-order chi connectivity index (χ0) is 14.6. The van der Waals surface area contributed by atoms with Crippen molar-refractivity contribution in [3.8, 4) is 0 Å². The molecule has 0 aliphatic carbocycles. The summed E-state index contributed by atoms with van der Waals surface area (Å²) in [6.45, 7) is 0. The fourth-order valence-electron chi connectivity index (χ4n) is 1.77. The van der Waals surface area contributed by atoms with Gasteiger partial charge in [0, 0.05) is 23.6 Å². The van der Waals surface area contributed by atoms with E-state index in [9.17, 15) is 13.2 Å². The van der Waals surface area contributed by atoms with Crippen LogP contribution in [0.15, 0.2) is 28.0 Å². The maximum absolute atomic E-state index is 11.7. The Bertz CT molecular complexity index is 569. The Kier molecular flexibility index (Phi) is 5.39. The molecule has 3 N–H and O–H groups in total. The molecular weight excluding hydrogens is 286 g/mol. The Morgan fingerprint density at radius 3 is 2.58 bits per heavy atom. The van der Waals surface area contributed by atoms with Gasteiger partial charge >= 0.3 is 5.97 Å². The van der Waals surface area contributed by atoms with Gasteiger partial charge in [0.1, 0.15) is 0 Å². The molecule has 5 nitrogen and oxygen atoms in total. The first-order valence-electron chi connectivity index (χ1n) is 5.61. The SMILES string of the molecule is CSc1c(C(N)CCC(=O)O)cccc1S(C)(=O)=O. The first kappa shape index (κ1) is 16.0. The summed E-state index contributed by atoms with van der Waals surface area (Å²) in [5.41, 5.74) is 6.64. The molecule has 0 aliphatic heterocycles. The first-order valence-corrected chi connectivity index (χ1v) is 8.73. The lowest BCUT2D eigenvalue weighted by Gasteiger charge is -2.17. The van der Waals surface area contributed by atoms with Gasteiger partial charge in [-0.2, -0.15) is 0 Å². The second-order valence-electron chi connectivity index (χ2n) is 4.19. The van der Waals surface area contributed by atoms with Gasteiger partial charge in [-0.15, -0.1) is 11.8 Å². The van der Waals surface area contributed by atoms with E-state index in [1.165, 1.54) is 17.8 Å². The molecule has 1 atom stereocenters. The van der Waals surface area contributed by atoms with E-state index in [2.05, 4.69) is 0 Å². The maximum Gasteiger partial charge on any atom is 0.303 e. The van der Waals surface area contributed by atoms with Gasteiger partial charge in [0.25, 0.3) is 0 Å². The molecule has 0 radical (unpaired) electrons. The molecule has 19 heavy (non-hydrogen) atoms. The third-order valence-electron chi connectivity index (χ3n) is 2.68. The molecule has 1 rings (SSSR count). The van der Waals surface area contributed by atoms with E-state index in [1.54, 1.807) is 18.4 Å². The van der Waals surface area contributed by atoms with Crippen LogP contribution in [0.2, 0.25) is 0 Å². The average molecular weight is 303 g/mol. The van der Waals surface area contributed by atoms with Gasteiger partial charge in [-0.1, -0.05) is 12.1 Å². The largest absolute Gasteiger partial charge is 0.481 e. The summed E-state index contributed by atoms with van der Waals surface area (Å²) in [4.78, 5) is 11.4. The van der Waals surface area contributed by atoms with Crippen LogP contribution < -0.4 is 5.73 Å². The Hall–Kier alpha value is -1.05. The van der Waals surface area contributed by atoms with E-state index >= 15 is 0 Å². The molecule has 0 saturated carbocycles. The summed E-state index contributed by atoms with van der Waals surface area (Å²) >= 11 is 1.30. The number of sulfone groups is 1. The van der Waals surface area contributed by atoms with Crippen LogP contribution in [-0.4, -0.2) is 32.0 Å². The quantitative estimate of drug-likeness (QED) is 0.776. The molecule has 7 heteroatoms. The van der Waals surface area contributed by atoms with E-state index in [0.717, 1.165) is 6.26 Å². The lowest BCUT2D eigenvalue weighted by atomic mass is 10.0. The normalized spacial score (nSPS) is 13.2. The third-order valence-corrected chi connectivity index (χ3v) is 4.81. The van der Waals surface area contributed by atoms with Crippen LogP contribution in [0.5, 0.6) is 0 Å². The Morgan fingerprint density at radius 1 is 1.47 bits per heavy atom. The second-order valence-corrected chi connectivity index (χ2v) is 6.99. The van der Waals surface area contributed by atoms with E-state index in [-0.39, 0.29) is 17.7 Å². The molecular formula is C12H17NO4S2. The molecule has 0 aliphatic rings. The molecule has 0 aromatic heterocycles. The summed E-state index contributed by atoms with van der Waals surface area (Å²) in [6.07, 6.45) is 3.15. The smallest absolute Gasteiger partial charge is 0.303 e. The molecule has 106 valence electrons. The summed E-state index contributed by atoms with van der Waals surface area (Å²) < 4.78 is 23.4. The first-order chi connectivity index (χ1) is 8.77. The number of carboxylic acid groups (broad SMARTS) is 1. The van der Waals surface area contributed by atoms with Gasteiger partial charge in [0.05, 0.1) is 4.90 Å². The summed E-state index contributed by atoms with van der Waals surface area (Å²) in [7, 11) is -3.33. The van der Waals surface area contributed by atoms with Crippen molar-refractivity contribution in [2.45, 2.75) is 28.7 Å². The lowest BCUT2D eigenvalue weighted by Crippen LogP contribution is -2.14. The van der Waals surface area contributed by atoms with Gasteiger partial charge < -0.3 is 10.8 Å². The second kappa shape index (κ2) is 6.40. The van der Waals surface area contributed by atoms with Crippen molar-refractivity contribution >= 4 is 27.6 Å². The molecule has 0 bridgehead atoms. The Labute approximate surface area is 117 Å². The van der Waals surface area contributed by atoms with Crippen molar-refractivity contribution in [3.05, 3.63) is 23.8 Å². The summed E-state index contributed by atoms with van der Waals surface area (Å²) in [5, 5.41) is 8.66. The highest BCUT2D eigenvalue weighted by molar-refractivity contribution is 7.99. The lowest BCUT2D eigenvalue weighted by molar-refractivity contribution is -0.137. The summed E-state index contributed by atoms with van der Waals surface area (Å²) in [6, 6.07) is 4.42. The monoisotopic (exact) mass is 303 g/mol. The molecule has 0 amide bonds. The zero-order valence-corrected chi connectivity index (χ0v) is 12.4. The minimum atomic E-state index is -3.33. The number of carboxylic acids is 1. The van der Waals surface area contributed by atoms with Crippen molar-refractivity contribution < 1.29 is 18.3 Å². The Morgan fingerprint density at radius 2 is 2.11 bits per heavy atom. The highest BCUT2D eigenvalue weighted by Gasteiger charge is 2.19. The number of hydrogen-bond donors (Lipinski definition) is 2. The third kappa shape index (κ3) is 4.22. The molecule has 0 saturated heterocycles. The molecule has 0 fully saturated rings. The molecule has 0 spiro atoms. The predicted octanol–water partition coefficient (Wildman–Crippen LogP) is 1.68. The summed E-state index contributed by atoms with van der Waals surface area (Å²) in [5.74, 6) is -0.916. The molecule has 1 aromatic rings. The van der Waals surface area contributed by atoms with Crippen LogP contribution >= 0.6 is 11.8 Å². The van der Waals surface area contributed by atoms with Crippen molar-refractivity contribution in [3.63, 3.8) is 0 Å². The van der Waals surface area contributed by atoms with Crippen LogP contribution in [0.3, 0.4) is 0 Å². The Balaban J connectivity index is 3.18. The minimum Gasteiger partial charge on any atom is -0.481 e. The maximum atomic E-state index is 11.7. The number of rotatable bonds is 6. The van der Waals surface area contributed by atoms with E-state index in [4.69, 9.17) is 10.8 Å². The van der Waals surface area contributed by atoms with Crippen LogP contribution in [0.25, 0.3) is 0 Å². The number of benzene rings is 1. The van der Waals surface area contributed by atoms with Gasteiger partial charge in [-0.25, -0.2) is 8.42 Å². The number of nitrogens with two attached hydrogens (primary N) is 1. The molecule has 0 heterocycles. The van der Waals surface area contributed by atoms with E-state index in [0.29, 0.717) is 10.5 Å². The van der Waals surface area contributed by atoms with Crippen molar-refractivity contribution in [2.24, 2.45) is 5.73 Å². The molecule has 1 aromatic carbocycles. The topological polar surface area (TPSA) is 97.5 Å². The van der Waals surface area contributed by atoms with E-state index < -0.39 is 21.8 Å². The fourth-order valence-corrected chi connectivity index (χ4v) is 3.98. The number of aliphatic carboxylic acids is 1. The zero-order valence-electron chi connectivity index (χ0n) is 10.8. The van der Waals surface area contributed by atoms with Gasteiger partial charge in [0.15, 0.2) is 9.84 Å². The van der Waals surface area contributed by atoms with Crippen LogP contribution in [0, 0.1) is 0 Å². The number of hydrogen-bond acceptors (Lipinski definition) is 5. The molecule has 1 unspecified atom stereocenters. The average Bonchev–Trinajstić information content (AvgIpc) is 2.33. The highest BCUT2D eigenvalue weighted by Crippen LogP contribution is 2.32. The van der Waals surface area contributed by atoms with Crippen molar-refractivity contribution in [1.82, 2.24) is 0 Å². The number of thioether (sulfide) groups is 1. The van der Waals surface area contributed by atoms with Gasteiger partial charge in [-0.05, 0) is 24.3 Å². The van der Waals surface area contributed by atoms with Crippen molar-refractivity contribution in [2.75, 3.05) is 12.5 Å². The van der Waals surface area contributed by atoms with E-state index in [1.807, 2.05) is 0 Å². The van der Waals surface area contributed by atoms with Crippen LogP contribution in [-0.2, 0) is 14.6 Å². The van der Waals surface area contributed by atoms with Gasteiger partial charge in [-0.3, -0.25) is 4.79 Å². The minimum absolute atomic E-state index is 0.0436. The van der Waals surface area contributed by atoms with Crippen molar-refractivity contribution in [1.29, 1.82) is 0 Å². The van der Waals surface area contributed by atoms with Crippen LogP contribution in [0.4, 0.5) is 0 Å². The predicted molar refractivity (Wildman–Crippen MR) is 75.1 cm³/mol. The van der Waals surface area contributed by atoms with Gasteiger partial charge in [0.2, 0.25) is 0 Å². The van der Waals surface area contributed by atoms with Crippen LogP contribution in [0.1, 0.15) is 24.4 Å². The standard InChI is InChI=1S/C12H17NO4S2/c1-18-12-8(9(13)6-7-11(14)15)4-3-5-10(12)19(2,16)17/h3-5,9H,6-7,13H2,1-2H3,(H,14,15). The highest BCUT2D eigenvalue weighted by atomic mass is 32.2. The fraction of sp³-hybridized carbons (Fsp3) is 0.417. The number of carbonyl (C=O) groups is 1.